The van der Waals surface area contributed by atoms with Crippen molar-refractivity contribution >= 4 is 34.5 Å². The Bertz CT molecular complexity index is 1240. The number of rotatable bonds is 8. The summed E-state index contributed by atoms with van der Waals surface area (Å²) in [5, 5.41) is 18.3. The number of anilines is 2. The van der Waals surface area contributed by atoms with E-state index in [1.165, 1.54) is 12.1 Å². The maximum atomic E-state index is 13.8. The Kier molecular flexibility index (Phi) is 6.51. The van der Waals surface area contributed by atoms with E-state index >= 15 is 0 Å². The van der Waals surface area contributed by atoms with E-state index in [1.54, 1.807) is 6.07 Å². The van der Waals surface area contributed by atoms with E-state index in [1.807, 2.05) is 55.6 Å². The van der Waals surface area contributed by atoms with Gasteiger partial charge in [-0.25, -0.2) is 4.39 Å². The Morgan fingerprint density at radius 1 is 1.03 bits per heavy atom. The van der Waals surface area contributed by atoms with Gasteiger partial charge in [0.25, 0.3) is 5.91 Å². The highest BCUT2D eigenvalue weighted by molar-refractivity contribution is 6.37. The van der Waals surface area contributed by atoms with Crippen LogP contribution in [0.3, 0.4) is 0 Å². The van der Waals surface area contributed by atoms with Crippen LogP contribution < -0.4 is 16.0 Å². The molecule has 4 N–H and O–H groups in total. The van der Waals surface area contributed by atoms with E-state index in [4.69, 9.17) is 5.11 Å². The first-order valence-corrected chi connectivity index (χ1v) is 10.6. The highest BCUT2D eigenvalue weighted by Gasteiger charge is 2.29. The van der Waals surface area contributed by atoms with Crippen LogP contribution in [0.2, 0.25) is 0 Å². The number of fused-ring (bicyclic) bond motifs is 1. The zero-order valence-corrected chi connectivity index (χ0v) is 18.1. The first kappa shape index (κ1) is 22.2. The van der Waals surface area contributed by atoms with Crippen molar-refractivity contribution < 1.29 is 19.1 Å². The molecular weight excluding hydrogens is 421 g/mol. The molecule has 168 valence electrons. The number of carbonyl (C=O) groups is 2. The number of benzene rings is 3. The van der Waals surface area contributed by atoms with Gasteiger partial charge in [-0.1, -0.05) is 30.3 Å². The van der Waals surface area contributed by atoms with Gasteiger partial charge >= 0.3 is 5.97 Å². The number of nitrogens with one attached hydrogen (secondary N) is 3. The first-order chi connectivity index (χ1) is 15.9. The average Bonchev–Trinajstić information content (AvgIpc) is 3.12. The van der Waals surface area contributed by atoms with Crippen LogP contribution in [0.5, 0.6) is 0 Å². The van der Waals surface area contributed by atoms with Gasteiger partial charge in [0.1, 0.15) is 5.82 Å². The van der Waals surface area contributed by atoms with E-state index in [-0.39, 0.29) is 12.3 Å². The van der Waals surface area contributed by atoms with Gasteiger partial charge in [-0.3, -0.25) is 9.59 Å². The lowest BCUT2D eigenvalue weighted by molar-refractivity contribution is -0.137. The summed E-state index contributed by atoms with van der Waals surface area (Å²) in [6.45, 7) is 0.737. The van der Waals surface area contributed by atoms with Crippen LogP contribution >= 0.6 is 0 Å². The Morgan fingerprint density at radius 2 is 1.82 bits per heavy atom. The SMILES string of the molecule is CNCc1ccc(NC(=C2C(=O)Nc3cc(F)ccc32)c2cccc(CCC(=O)O)c2)cc1. The van der Waals surface area contributed by atoms with E-state index < -0.39 is 11.8 Å². The molecule has 0 radical (unpaired) electrons. The molecule has 6 nitrogen and oxygen atoms in total. The first-order valence-electron chi connectivity index (χ1n) is 10.6. The number of carboxylic acid groups (broad SMARTS) is 1. The summed E-state index contributed by atoms with van der Waals surface area (Å²) in [6.07, 6.45) is 0.386. The standard InChI is InChI=1S/C26H24FN3O3/c1-28-15-17-5-9-20(10-6-17)29-25(18-4-2-3-16(13-18)7-12-23(31)32)24-21-11-8-19(27)14-22(21)30-26(24)33/h2-6,8-11,13-14,28-29H,7,12,15H2,1H3,(H,30,33)(H,31,32). The summed E-state index contributed by atoms with van der Waals surface area (Å²) >= 11 is 0. The summed E-state index contributed by atoms with van der Waals surface area (Å²) in [4.78, 5) is 24.0. The zero-order valence-electron chi connectivity index (χ0n) is 18.1. The maximum Gasteiger partial charge on any atom is 0.303 e. The fourth-order valence-electron chi connectivity index (χ4n) is 3.86. The van der Waals surface area contributed by atoms with Crippen molar-refractivity contribution in [3.63, 3.8) is 0 Å². The number of hydrogen-bond donors (Lipinski definition) is 4. The van der Waals surface area contributed by atoms with Gasteiger partial charge in [0, 0.05) is 24.2 Å². The van der Waals surface area contributed by atoms with Gasteiger partial charge < -0.3 is 21.1 Å². The van der Waals surface area contributed by atoms with E-state index in [0.717, 1.165) is 28.9 Å². The van der Waals surface area contributed by atoms with Crippen LogP contribution in [0, 0.1) is 5.82 Å². The predicted molar refractivity (Wildman–Crippen MR) is 127 cm³/mol. The van der Waals surface area contributed by atoms with Crippen molar-refractivity contribution in [3.8, 4) is 0 Å². The predicted octanol–water partition coefficient (Wildman–Crippen LogP) is 4.49. The second kappa shape index (κ2) is 9.67. The largest absolute Gasteiger partial charge is 0.481 e. The Hall–Kier alpha value is -3.97. The van der Waals surface area contributed by atoms with Gasteiger partial charge in [-0.2, -0.15) is 0 Å². The number of aryl methyl sites for hydroxylation is 1. The molecule has 1 heterocycles. The summed E-state index contributed by atoms with van der Waals surface area (Å²) in [7, 11) is 1.88. The minimum atomic E-state index is -0.870. The molecule has 3 aromatic carbocycles. The lowest BCUT2D eigenvalue weighted by Gasteiger charge is -2.16. The average molecular weight is 445 g/mol. The molecule has 0 aromatic heterocycles. The van der Waals surface area contributed by atoms with Crippen LogP contribution in [0.4, 0.5) is 15.8 Å². The molecule has 0 saturated heterocycles. The van der Waals surface area contributed by atoms with Gasteiger partial charge in [-0.15, -0.1) is 0 Å². The minimum absolute atomic E-state index is 0.0122. The number of carboxylic acids is 1. The lowest BCUT2D eigenvalue weighted by atomic mass is 9.97. The molecule has 0 spiro atoms. The molecule has 1 aliphatic rings. The zero-order chi connectivity index (χ0) is 23.4. The molecule has 1 aliphatic heterocycles. The van der Waals surface area contributed by atoms with Crippen molar-refractivity contribution in [1.82, 2.24) is 5.32 Å². The number of carbonyl (C=O) groups excluding carboxylic acids is 1. The van der Waals surface area contributed by atoms with Crippen LogP contribution in [0.25, 0.3) is 11.3 Å². The molecule has 0 atom stereocenters. The van der Waals surface area contributed by atoms with Crippen LogP contribution in [0.1, 0.15) is 28.7 Å². The third kappa shape index (κ3) is 5.10. The third-order valence-electron chi connectivity index (χ3n) is 5.42. The summed E-state index contributed by atoms with van der Waals surface area (Å²) < 4.78 is 13.8. The van der Waals surface area contributed by atoms with Gasteiger partial charge in [0.2, 0.25) is 0 Å². The van der Waals surface area contributed by atoms with E-state index in [0.29, 0.717) is 28.9 Å². The topological polar surface area (TPSA) is 90.5 Å². The summed E-state index contributed by atoms with van der Waals surface area (Å²) in [5.74, 6) is -1.63. The van der Waals surface area contributed by atoms with Gasteiger partial charge in [-0.05, 0) is 66.6 Å². The maximum absolute atomic E-state index is 13.8. The smallest absolute Gasteiger partial charge is 0.303 e. The molecule has 1 amide bonds. The molecule has 7 heteroatoms. The Balaban J connectivity index is 1.80. The van der Waals surface area contributed by atoms with Crippen LogP contribution in [0.15, 0.2) is 66.7 Å². The molecule has 33 heavy (non-hydrogen) atoms. The Labute approximate surface area is 191 Å². The van der Waals surface area contributed by atoms with Gasteiger partial charge in [0.15, 0.2) is 0 Å². The van der Waals surface area contributed by atoms with Crippen molar-refractivity contribution in [2.45, 2.75) is 19.4 Å². The lowest BCUT2D eigenvalue weighted by Crippen LogP contribution is -2.10. The van der Waals surface area contributed by atoms with Crippen molar-refractivity contribution in [2.75, 3.05) is 17.7 Å². The van der Waals surface area contributed by atoms with Crippen molar-refractivity contribution in [1.29, 1.82) is 0 Å². The molecule has 0 bridgehead atoms. The van der Waals surface area contributed by atoms with Gasteiger partial charge in [0.05, 0.1) is 17.0 Å². The molecule has 3 aromatic rings. The van der Waals surface area contributed by atoms with E-state index in [9.17, 15) is 14.0 Å². The molecular formula is C26H24FN3O3. The molecule has 0 aliphatic carbocycles. The van der Waals surface area contributed by atoms with E-state index in [2.05, 4.69) is 16.0 Å². The normalized spacial score (nSPS) is 13.9. The molecule has 4 rings (SSSR count). The molecule has 0 unspecified atom stereocenters. The van der Waals surface area contributed by atoms with Crippen LogP contribution in [-0.4, -0.2) is 24.0 Å². The highest BCUT2D eigenvalue weighted by atomic mass is 19.1. The van der Waals surface area contributed by atoms with Crippen molar-refractivity contribution in [3.05, 3.63) is 94.8 Å². The summed E-state index contributed by atoms with van der Waals surface area (Å²) in [5.41, 5.74) is 5.48. The van der Waals surface area contributed by atoms with Crippen LogP contribution in [-0.2, 0) is 22.6 Å². The highest BCUT2D eigenvalue weighted by Crippen LogP contribution is 2.38. The third-order valence-corrected chi connectivity index (χ3v) is 5.42. The number of hydrogen-bond acceptors (Lipinski definition) is 4. The fourth-order valence-corrected chi connectivity index (χ4v) is 3.86. The number of halogens is 1. The van der Waals surface area contributed by atoms with Crippen molar-refractivity contribution in [2.24, 2.45) is 0 Å². The Morgan fingerprint density at radius 3 is 2.55 bits per heavy atom. The second-order valence-corrected chi connectivity index (χ2v) is 7.84. The number of amides is 1. The minimum Gasteiger partial charge on any atom is -0.481 e. The quantitative estimate of drug-likeness (QED) is 0.384. The number of aliphatic carboxylic acids is 1. The molecule has 0 saturated carbocycles. The fraction of sp³-hybridized carbons (Fsp3) is 0.154. The monoisotopic (exact) mass is 445 g/mol. The molecule has 0 fully saturated rings. The second-order valence-electron chi connectivity index (χ2n) is 7.84. The summed E-state index contributed by atoms with van der Waals surface area (Å²) in [6, 6.07) is 19.5.